The van der Waals surface area contributed by atoms with Gasteiger partial charge in [-0.3, -0.25) is 4.79 Å². The zero-order valence-electron chi connectivity index (χ0n) is 12.5. The van der Waals surface area contributed by atoms with Crippen LogP contribution in [0.1, 0.15) is 48.0 Å². The minimum atomic E-state index is 0.157. The lowest BCUT2D eigenvalue weighted by molar-refractivity contribution is 0.0680. The third kappa shape index (κ3) is 3.05. The van der Waals surface area contributed by atoms with Crippen molar-refractivity contribution in [2.45, 2.75) is 44.6 Å². The Morgan fingerprint density at radius 2 is 2.14 bits per heavy atom. The highest BCUT2D eigenvalue weighted by Gasteiger charge is 2.27. The molecule has 0 unspecified atom stereocenters. The normalized spacial score (nSPS) is 17.6. The van der Waals surface area contributed by atoms with E-state index in [-0.39, 0.29) is 5.91 Å². The molecule has 0 aromatic heterocycles. The van der Waals surface area contributed by atoms with Gasteiger partial charge in [0.25, 0.3) is 5.91 Å². The first kappa shape index (κ1) is 14.4. The molecule has 114 valence electrons. The molecule has 1 aromatic rings. The molecule has 0 spiro atoms. The van der Waals surface area contributed by atoms with Crippen LogP contribution in [0, 0.1) is 0 Å². The second-order valence-electron chi connectivity index (χ2n) is 6.00. The van der Waals surface area contributed by atoms with E-state index in [9.17, 15) is 4.79 Å². The molecule has 4 nitrogen and oxygen atoms in total. The number of carbonyl (C=O) groups excluding carboxylic acids is 1. The van der Waals surface area contributed by atoms with Gasteiger partial charge < -0.3 is 15.4 Å². The molecule has 21 heavy (non-hydrogen) atoms. The summed E-state index contributed by atoms with van der Waals surface area (Å²) in [6, 6.07) is 6.24. The molecular weight excluding hydrogens is 264 g/mol. The van der Waals surface area contributed by atoms with Gasteiger partial charge in [-0.15, -0.1) is 0 Å². The second kappa shape index (κ2) is 6.48. The van der Waals surface area contributed by atoms with E-state index in [0.717, 1.165) is 55.7 Å². The van der Waals surface area contributed by atoms with Gasteiger partial charge in [0.05, 0.1) is 6.61 Å². The van der Waals surface area contributed by atoms with Gasteiger partial charge in [0.1, 0.15) is 5.75 Å². The Labute approximate surface area is 126 Å². The zero-order chi connectivity index (χ0) is 14.7. The highest BCUT2D eigenvalue weighted by atomic mass is 16.5. The lowest BCUT2D eigenvalue weighted by Gasteiger charge is -2.29. The monoisotopic (exact) mass is 288 g/mol. The summed E-state index contributed by atoms with van der Waals surface area (Å²) >= 11 is 0. The van der Waals surface area contributed by atoms with E-state index in [1.807, 2.05) is 18.2 Å². The van der Waals surface area contributed by atoms with E-state index >= 15 is 0 Å². The summed E-state index contributed by atoms with van der Waals surface area (Å²) in [5.74, 6) is 1.09. The van der Waals surface area contributed by atoms with E-state index < -0.39 is 0 Å². The first-order valence-corrected chi connectivity index (χ1v) is 8.06. The van der Waals surface area contributed by atoms with Crippen LogP contribution in [0.15, 0.2) is 18.2 Å². The summed E-state index contributed by atoms with van der Waals surface area (Å²) in [5, 5.41) is 0. The molecule has 0 atom stereocenters. The van der Waals surface area contributed by atoms with Crippen LogP contribution >= 0.6 is 0 Å². The predicted molar refractivity (Wildman–Crippen MR) is 82.6 cm³/mol. The van der Waals surface area contributed by atoms with Gasteiger partial charge in [0.2, 0.25) is 0 Å². The summed E-state index contributed by atoms with van der Waals surface area (Å²) in [7, 11) is 0. The number of rotatable bonds is 5. The average molecular weight is 288 g/mol. The Balaban J connectivity index is 1.79. The van der Waals surface area contributed by atoms with Crippen molar-refractivity contribution < 1.29 is 9.53 Å². The van der Waals surface area contributed by atoms with Crippen LogP contribution in [0.2, 0.25) is 0 Å². The number of carbonyl (C=O) groups is 1. The SMILES string of the molecule is NCCCN(C(=O)c1ccc2c(c1)CCO2)C1CCCC1. The molecule has 1 fully saturated rings. The quantitative estimate of drug-likeness (QED) is 0.905. The third-order valence-electron chi connectivity index (χ3n) is 4.57. The van der Waals surface area contributed by atoms with Crippen molar-refractivity contribution in [3.63, 3.8) is 0 Å². The van der Waals surface area contributed by atoms with Crippen molar-refractivity contribution in [1.82, 2.24) is 4.90 Å². The number of benzene rings is 1. The molecule has 0 bridgehead atoms. The first-order chi connectivity index (χ1) is 10.3. The molecule has 1 heterocycles. The maximum atomic E-state index is 12.9. The maximum Gasteiger partial charge on any atom is 0.254 e. The Kier molecular flexibility index (Phi) is 4.44. The van der Waals surface area contributed by atoms with Gasteiger partial charge >= 0.3 is 0 Å². The van der Waals surface area contributed by atoms with Crippen LogP contribution in [0.5, 0.6) is 5.75 Å². The van der Waals surface area contributed by atoms with Crippen LogP contribution in [-0.4, -0.2) is 36.5 Å². The van der Waals surface area contributed by atoms with Crippen LogP contribution in [0.3, 0.4) is 0 Å². The highest BCUT2D eigenvalue weighted by molar-refractivity contribution is 5.95. The number of nitrogens with two attached hydrogens (primary N) is 1. The van der Waals surface area contributed by atoms with E-state index in [1.54, 1.807) is 0 Å². The van der Waals surface area contributed by atoms with Gasteiger partial charge in [-0.05, 0) is 49.6 Å². The molecule has 1 aromatic carbocycles. The van der Waals surface area contributed by atoms with E-state index in [2.05, 4.69) is 4.90 Å². The van der Waals surface area contributed by atoms with Crippen molar-refractivity contribution in [2.24, 2.45) is 5.73 Å². The lowest BCUT2D eigenvalue weighted by atomic mass is 10.1. The van der Waals surface area contributed by atoms with Crippen molar-refractivity contribution in [3.8, 4) is 5.75 Å². The van der Waals surface area contributed by atoms with Crippen molar-refractivity contribution in [1.29, 1.82) is 0 Å². The summed E-state index contributed by atoms with van der Waals surface area (Å²) in [4.78, 5) is 14.9. The smallest absolute Gasteiger partial charge is 0.254 e. The number of ether oxygens (including phenoxy) is 1. The molecule has 2 N–H and O–H groups in total. The molecule has 0 radical (unpaired) electrons. The molecular formula is C17H24N2O2. The fraction of sp³-hybridized carbons (Fsp3) is 0.588. The number of fused-ring (bicyclic) bond motifs is 1. The topological polar surface area (TPSA) is 55.6 Å². The van der Waals surface area contributed by atoms with Gasteiger partial charge in [0, 0.05) is 24.6 Å². The van der Waals surface area contributed by atoms with E-state index in [1.165, 1.54) is 12.8 Å². The Bertz CT molecular complexity index is 510. The van der Waals surface area contributed by atoms with Crippen molar-refractivity contribution in [2.75, 3.05) is 19.7 Å². The number of hydrogen-bond donors (Lipinski definition) is 1. The van der Waals surface area contributed by atoms with Crippen molar-refractivity contribution >= 4 is 5.91 Å². The number of hydrogen-bond acceptors (Lipinski definition) is 3. The summed E-state index contributed by atoms with van der Waals surface area (Å²) in [5.41, 5.74) is 7.59. The Morgan fingerprint density at radius 3 is 2.90 bits per heavy atom. The standard InChI is InChI=1S/C17H24N2O2/c18-9-3-10-19(15-4-1-2-5-15)17(20)14-6-7-16-13(12-14)8-11-21-16/h6-7,12,15H,1-5,8-11,18H2. The fourth-order valence-corrected chi connectivity index (χ4v) is 3.41. The van der Waals surface area contributed by atoms with E-state index in [4.69, 9.17) is 10.5 Å². The average Bonchev–Trinajstić information content (AvgIpc) is 3.18. The Morgan fingerprint density at radius 1 is 1.33 bits per heavy atom. The van der Waals surface area contributed by atoms with Gasteiger partial charge in [0.15, 0.2) is 0 Å². The summed E-state index contributed by atoms with van der Waals surface area (Å²) in [6.07, 6.45) is 6.50. The zero-order valence-corrected chi connectivity index (χ0v) is 12.5. The van der Waals surface area contributed by atoms with Crippen LogP contribution < -0.4 is 10.5 Å². The van der Waals surface area contributed by atoms with Crippen LogP contribution in [-0.2, 0) is 6.42 Å². The minimum absolute atomic E-state index is 0.157. The molecule has 1 saturated carbocycles. The molecule has 1 aliphatic heterocycles. The number of nitrogens with zero attached hydrogens (tertiary/aromatic N) is 1. The third-order valence-corrected chi connectivity index (χ3v) is 4.57. The van der Waals surface area contributed by atoms with Gasteiger partial charge in [-0.2, -0.15) is 0 Å². The first-order valence-electron chi connectivity index (χ1n) is 8.06. The molecule has 1 amide bonds. The molecule has 0 saturated heterocycles. The van der Waals surface area contributed by atoms with E-state index in [0.29, 0.717) is 12.6 Å². The van der Waals surface area contributed by atoms with Gasteiger partial charge in [-0.1, -0.05) is 12.8 Å². The van der Waals surface area contributed by atoms with Crippen molar-refractivity contribution in [3.05, 3.63) is 29.3 Å². The molecule has 2 aliphatic rings. The fourth-order valence-electron chi connectivity index (χ4n) is 3.41. The summed E-state index contributed by atoms with van der Waals surface area (Å²) < 4.78 is 5.52. The summed E-state index contributed by atoms with van der Waals surface area (Å²) in [6.45, 7) is 2.13. The Hall–Kier alpha value is -1.55. The molecule has 1 aliphatic carbocycles. The predicted octanol–water partition coefficient (Wildman–Crippen LogP) is 2.36. The van der Waals surface area contributed by atoms with Crippen LogP contribution in [0.4, 0.5) is 0 Å². The van der Waals surface area contributed by atoms with Gasteiger partial charge in [-0.25, -0.2) is 0 Å². The largest absolute Gasteiger partial charge is 0.493 e. The maximum absolute atomic E-state index is 12.9. The second-order valence-corrected chi connectivity index (χ2v) is 6.00. The number of amides is 1. The minimum Gasteiger partial charge on any atom is -0.493 e. The highest BCUT2D eigenvalue weighted by Crippen LogP contribution is 2.29. The lowest BCUT2D eigenvalue weighted by Crippen LogP contribution is -2.40. The molecule has 4 heteroatoms. The van der Waals surface area contributed by atoms with Crippen LogP contribution in [0.25, 0.3) is 0 Å². The molecule has 3 rings (SSSR count).